The van der Waals surface area contributed by atoms with Gasteiger partial charge in [-0.15, -0.1) is 11.5 Å². The lowest BCUT2D eigenvalue weighted by molar-refractivity contribution is -0.116. The molecule has 0 fully saturated rings. The largest absolute Gasteiger partial charge is 0.495 e. The van der Waals surface area contributed by atoms with Gasteiger partial charge in [0.2, 0.25) is 11.7 Å². The van der Waals surface area contributed by atoms with Crippen LogP contribution in [0.5, 0.6) is 5.75 Å². The van der Waals surface area contributed by atoms with Crippen molar-refractivity contribution in [2.75, 3.05) is 12.4 Å². The van der Waals surface area contributed by atoms with Gasteiger partial charge in [0.1, 0.15) is 29.8 Å². The predicted octanol–water partition coefficient (Wildman–Crippen LogP) is 2.81. The summed E-state index contributed by atoms with van der Waals surface area (Å²) in [6.07, 6.45) is 6.64. The summed E-state index contributed by atoms with van der Waals surface area (Å²) >= 11 is 0. The molecule has 0 unspecified atom stereocenters. The number of amides is 1. The number of nitrogens with zero attached hydrogens (tertiary/aromatic N) is 3. The van der Waals surface area contributed by atoms with Crippen LogP contribution in [0.4, 0.5) is 5.69 Å². The molecule has 0 saturated carbocycles. The van der Waals surface area contributed by atoms with Crippen LogP contribution < -0.4 is 10.1 Å². The van der Waals surface area contributed by atoms with Crippen LogP contribution in [0.3, 0.4) is 0 Å². The molecule has 7 nitrogen and oxygen atoms in total. The van der Waals surface area contributed by atoms with E-state index in [0.717, 1.165) is 16.4 Å². The number of aromatic nitrogens is 3. The Bertz CT molecular complexity index is 1170. The van der Waals surface area contributed by atoms with Gasteiger partial charge in [-0.25, -0.2) is 9.67 Å². The monoisotopic (exact) mass is 346 g/mol. The summed E-state index contributed by atoms with van der Waals surface area (Å²) < 4.78 is 12.7. The SMILES string of the molecule is C#Cc1ncn(CC(=O)Nc2cc3oc4ccccc4c3cc2OC)n1. The molecule has 0 aliphatic rings. The molecule has 0 aliphatic heterocycles. The van der Waals surface area contributed by atoms with Crippen LogP contribution in [0.25, 0.3) is 21.9 Å². The summed E-state index contributed by atoms with van der Waals surface area (Å²) in [5.41, 5.74) is 1.96. The van der Waals surface area contributed by atoms with Crippen LogP contribution in [0.15, 0.2) is 47.1 Å². The fraction of sp³-hybridized carbons (Fsp3) is 0.105. The van der Waals surface area contributed by atoms with E-state index in [9.17, 15) is 4.79 Å². The molecule has 2 aromatic heterocycles. The smallest absolute Gasteiger partial charge is 0.246 e. The van der Waals surface area contributed by atoms with Gasteiger partial charge in [0.25, 0.3) is 0 Å². The van der Waals surface area contributed by atoms with Gasteiger partial charge in [0.15, 0.2) is 0 Å². The zero-order valence-corrected chi connectivity index (χ0v) is 13.9. The minimum atomic E-state index is -0.285. The van der Waals surface area contributed by atoms with Crippen LogP contribution in [0, 0.1) is 12.3 Å². The Morgan fingerprint density at radius 3 is 2.92 bits per heavy atom. The van der Waals surface area contributed by atoms with Crippen LogP contribution in [-0.4, -0.2) is 27.8 Å². The van der Waals surface area contributed by atoms with Crippen molar-refractivity contribution in [2.24, 2.45) is 0 Å². The summed E-state index contributed by atoms with van der Waals surface area (Å²) in [5, 5.41) is 8.71. The number of fused-ring (bicyclic) bond motifs is 3. The molecular weight excluding hydrogens is 332 g/mol. The van der Waals surface area contributed by atoms with E-state index in [1.54, 1.807) is 13.2 Å². The van der Waals surface area contributed by atoms with Crippen molar-refractivity contribution in [1.29, 1.82) is 0 Å². The predicted molar refractivity (Wildman–Crippen MR) is 96.9 cm³/mol. The molecule has 128 valence electrons. The molecule has 2 heterocycles. The van der Waals surface area contributed by atoms with E-state index in [1.807, 2.05) is 30.3 Å². The van der Waals surface area contributed by atoms with Gasteiger partial charge in [0, 0.05) is 16.8 Å². The number of carbonyl (C=O) groups excluding carboxylic acids is 1. The average molecular weight is 346 g/mol. The summed E-state index contributed by atoms with van der Waals surface area (Å²) in [6, 6.07) is 11.3. The zero-order chi connectivity index (χ0) is 18.1. The van der Waals surface area contributed by atoms with E-state index in [-0.39, 0.29) is 18.3 Å². The van der Waals surface area contributed by atoms with Crippen molar-refractivity contribution in [3.8, 4) is 18.1 Å². The molecular formula is C19H14N4O3. The van der Waals surface area contributed by atoms with Crippen molar-refractivity contribution in [3.63, 3.8) is 0 Å². The van der Waals surface area contributed by atoms with Gasteiger partial charge in [-0.3, -0.25) is 4.79 Å². The third kappa shape index (κ3) is 2.74. The number of anilines is 1. The number of hydrogen-bond donors (Lipinski definition) is 1. The Labute approximate surface area is 148 Å². The Balaban J connectivity index is 1.65. The Morgan fingerprint density at radius 2 is 2.15 bits per heavy atom. The first-order valence-electron chi connectivity index (χ1n) is 7.83. The highest BCUT2D eigenvalue weighted by Crippen LogP contribution is 2.36. The number of benzene rings is 2. The Morgan fingerprint density at radius 1 is 1.31 bits per heavy atom. The van der Waals surface area contributed by atoms with E-state index in [2.05, 4.69) is 21.3 Å². The molecule has 0 saturated heterocycles. The number of carbonyl (C=O) groups is 1. The maximum absolute atomic E-state index is 12.3. The van der Waals surface area contributed by atoms with Crippen molar-refractivity contribution >= 4 is 33.5 Å². The van der Waals surface area contributed by atoms with Gasteiger partial charge in [-0.05, 0) is 18.1 Å². The molecule has 0 spiro atoms. The van der Waals surface area contributed by atoms with E-state index in [1.165, 1.54) is 11.0 Å². The normalized spacial score (nSPS) is 10.8. The molecule has 0 atom stereocenters. The molecule has 0 radical (unpaired) electrons. The quantitative estimate of drug-likeness (QED) is 0.575. The molecule has 1 amide bonds. The van der Waals surface area contributed by atoms with Crippen molar-refractivity contribution in [2.45, 2.75) is 6.54 Å². The number of rotatable bonds is 4. The second-order valence-corrected chi connectivity index (χ2v) is 5.61. The highest BCUT2D eigenvalue weighted by molar-refractivity contribution is 6.07. The van der Waals surface area contributed by atoms with Crippen LogP contribution in [0.1, 0.15) is 5.82 Å². The summed E-state index contributed by atoms with van der Waals surface area (Å²) in [6.45, 7) is -0.0179. The molecule has 4 aromatic rings. The topological polar surface area (TPSA) is 82.2 Å². The van der Waals surface area contributed by atoms with E-state index in [4.69, 9.17) is 15.6 Å². The van der Waals surface area contributed by atoms with Gasteiger partial charge >= 0.3 is 0 Å². The molecule has 4 rings (SSSR count). The molecule has 0 aliphatic carbocycles. The maximum Gasteiger partial charge on any atom is 0.246 e. The molecule has 26 heavy (non-hydrogen) atoms. The number of furan rings is 1. The minimum absolute atomic E-state index is 0.0179. The van der Waals surface area contributed by atoms with Gasteiger partial charge in [-0.1, -0.05) is 18.2 Å². The maximum atomic E-state index is 12.3. The highest BCUT2D eigenvalue weighted by atomic mass is 16.5. The summed E-state index contributed by atoms with van der Waals surface area (Å²) in [7, 11) is 1.55. The molecule has 7 heteroatoms. The van der Waals surface area contributed by atoms with Crippen molar-refractivity contribution in [3.05, 3.63) is 48.5 Å². The lowest BCUT2D eigenvalue weighted by Gasteiger charge is -2.10. The first-order valence-corrected chi connectivity index (χ1v) is 7.83. The number of methoxy groups -OCH3 is 1. The standard InChI is InChI=1S/C19H14N4O3/c1-3-18-20-11-23(22-18)10-19(24)21-14-9-16-13(8-17(14)25-2)12-6-4-5-7-15(12)26-16/h1,4-9,11H,10H2,2H3,(H,21,24). The van der Waals surface area contributed by atoms with E-state index in [0.29, 0.717) is 17.0 Å². The summed E-state index contributed by atoms with van der Waals surface area (Å²) in [4.78, 5) is 16.2. The second-order valence-electron chi connectivity index (χ2n) is 5.61. The molecule has 2 aromatic carbocycles. The van der Waals surface area contributed by atoms with Crippen molar-refractivity contribution < 1.29 is 13.9 Å². The number of terminal acetylenes is 1. The van der Waals surface area contributed by atoms with Gasteiger partial charge < -0.3 is 14.5 Å². The zero-order valence-electron chi connectivity index (χ0n) is 13.9. The van der Waals surface area contributed by atoms with Crippen LogP contribution in [-0.2, 0) is 11.3 Å². The number of para-hydroxylation sites is 1. The molecule has 0 bridgehead atoms. The number of hydrogen-bond acceptors (Lipinski definition) is 5. The van der Waals surface area contributed by atoms with E-state index >= 15 is 0 Å². The minimum Gasteiger partial charge on any atom is -0.495 e. The Hall–Kier alpha value is -3.79. The fourth-order valence-corrected chi connectivity index (χ4v) is 2.79. The first-order chi connectivity index (χ1) is 12.7. The lowest BCUT2D eigenvalue weighted by atomic mass is 10.1. The van der Waals surface area contributed by atoms with E-state index < -0.39 is 0 Å². The van der Waals surface area contributed by atoms with Crippen LogP contribution in [0.2, 0.25) is 0 Å². The highest BCUT2D eigenvalue weighted by Gasteiger charge is 2.14. The number of nitrogens with one attached hydrogen (secondary N) is 1. The fourth-order valence-electron chi connectivity index (χ4n) is 2.79. The van der Waals surface area contributed by atoms with Gasteiger partial charge in [0.05, 0.1) is 12.8 Å². The lowest BCUT2D eigenvalue weighted by Crippen LogP contribution is -2.19. The van der Waals surface area contributed by atoms with Crippen molar-refractivity contribution in [1.82, 2.24) is 14.8 Å². The van der Waals surface area contributed by atoms with Gasteiger partial charge in [-0.2, -0.15) is 0 Å². The number of ether oxygens (including phenoxy) is 1. The third-order valence-corrected chi connectivity index (χ3v) is 3.94. The molecule has 1 N–H and O–H groups in total. The van der Waals surface area contributed by atoms with Crippen LogP contribution >= 0.6 is 0 Å². The second kappa shape index (κ2) is 6.26. The third-order valence-electron chi connectivity index (χ3n) is 3.94. The first kappa shape index (κ1) is 15.7. The average Bonchev–Trinajstić information content (AvgIpc) is 3.24. The Kier molecular flexibility index (Phi) is 3.78. The summed E-state index contributed by atoms with van der Waals surface area (Å²) in [5.74, 6) is 2.81.